The number of carbonyl (C=O) groups excluding carboxylic acids is 1. The van der Waals surface area contributed by atoms with E-state index in [1.165, 1.54) is 17.1 Å². The summed E-state index contributed by atoms with van der Waals surface area (Å²) in [5, 5.41) is 3.44. The van der Waals surface area contributed by atoms with Gasteiger partial charge in [-0.25, -0.2) is 8.42 Å². The number of sulfonamides is 1. The van der Waals surface area contributed by atoms with Gasteiger partial charge in [-0.2, -0.15) is 0 Å². The number of halogens is 1. The Hall–Kier alpha value is -1.31. The third-order valence-corrected chi connectivity index (χ3v) is 6.40. The minimum Gasteiger partial charge on any atom is -0.356 e. The van der Waals surface area contributed by atoms with Crippen molar-refractivity contribution in [2.24, 2.45) is 5.92 Å². The van der Waals surface area contributed by atoms with Crippen LogP contribution < -0.4 is 9.62 Å². The molecular formula is C19H30ClN3O3S. The van der Waals surface area contributed by atoms with Gasteiger partial charge in [-0.3, -0.25) is 9.10 Å². The van der Waals surface area contributed by atoms with Crippen molar-refractivity contribution in [2.75, 3.05) is 43.8 Å². The molecule has 1 aromatic carbocycles. The summed E-state index contributed by atoms with van der Waals surface area (Å²) in [6.45, 7) is 3.20. The lowest BCUT2D eigenvalue weighted by atomic mass is 9.94. The number of carbonyl (C=O) groups is 1. The zero-order valence-corrected chi connectivity index (χ0v) is 17.7. The molecule has 1 fully saturated rings. The highest BCUT2D eigenvalue weighted by Crippen LogP contribution is 2.22. The van der Waals surface area contributed by atoms with E-state index in [0.29, 0.717) is 36.0 Å². The van der Waals surface area contributed by atoms with Crippen LogP contribution in [0.4, 0.5) is 5.69 Å². The Labute approximate surface area is 167 Å². The Morgan fingerprint density at radius 1 is 1.33 bits per heavy atom. The van der Waals surface area contributed by atoms with Gasteiger partial charge >= 0.3 is 0 Å². The quantitative estimate of drug-likeness (QED) is 0.673. The van der Waals surface area contributed by atoms with Crippen LogP contribution in [0.15, 0.2) is 24.3 Å². The molecule has 1 aliphatic heterocycles. The first kappa shape index (κ1) is 22.0. The smallest absolute Gasteiger partial charge is 0.232 e. The summed E-state index contributed by atoms with van der Waals surface area (Å²) in [4.78, 5) is 14.4. The number of likely N-dealkylation sites (tertiary alicyclic amines) is 1. The molecule has 6 nitrogen and oxygen atoms in total. The van der Waals surface area contributed by atoms with Crippen molar-refractivity contribution >= 4 is 33.2 Å². The maximum absolute atomic E-state index is 12.1. The molecule has 1 heterocycles. The maximum Gasteiger partial charge on any atom is 0.232 e. The third kappa shape index (κ3) is 7.68. The lowest BCUT2D eigenvalue weighted by Crippen LogP contribution is -2.33. The minimum atomic E-state index is -3.43. The van der Waals surface area contributed by atoms with Crippen molar-refractivity contribution in [3.63, 3.8) is 0 Å². The van der Waals surface area contributed by atoms with E-state index >= 15 is 0 Å². The number of benzene rings is 1. The number of nitrogens with zero attached hydrogens (tertiary/aromatic N) is 2. The number of hydrogen-bond donors (Lipinski definition) is 1. The van der Waals surface area contributed by atoms with Gasteiger partial charge in [0.05, 0.1) is 11.9 Å². The highest BCUT2D eigenvalue weighted by molar-refractivity contribution is 7.92. The fraction of sp³-hybridized carbons (Fsp3) is 0.632. The van der Waals surface area contributed by atoms with Gasteiger partial charge in [0.2, 0.25) is 15.9 Å². The molecule has 0 unspecified atom stereocenters. The first-order valence-electron chi connectivity index (χ1n) is 9.44. The topological polar surface area (TPSA) is 69.7 Å². The van der Waals surface area contributed by atoms with Crippen molar-refractivity contribution in [1.29, 1.82) is 0 Å². The summed E-state index contributed by atoms with van der Waals surface area (Å²) in [6.07, 6.45) is 5.32. The van der Waals surface area contributed by atoms with Gasteiger partial charge < -0.3 is 10.2 Å². The molecule has 1 aliphatic rings. The zero-order valence-electron chi connectivity index (χ0n) is 16.2. The molecule has 0 aromatic heterocycles. The lowest BCUT2D eigenvalue weighted by molar-refractivity contribution is -0.121. The fourth-order valence-electron chi connectivity index (χ4n) is 3.36. The highest BCUT2D eigenvalue weighted by atomic mass is 35.5. The molecule has 27 heavy (non-hydrogen) atoms. The van der Waals surface area contributed by atoms with Crippen LogP contribution in [0.2, 0.25) is 5.02 Å². The van der Waals surface area contributed by atoms with Crippen LogP contribution in [0, 0.1) is 5.92 Å². The van der Waals surface area contributed by atoms with Crippen LogP contribution in [0.5, 0.6) is 0 Å². The largest absolute Gasteiger partial charge is 0.356 e. The lowest BCUT2D eigenvalue weighted by Gasteiger charge is -2.28. The number of piperidine rings is 1. The van der Waals surface area contributed by atoms with E-state index in [1.54, 1.807) is 24.3 Å². The van der Waals surface area contributed by atoms with E-state index in [1.807, 2.05) is 0 Å². The number of hydrogen-bond acceptors (Lipinski definition) is 4. The monoisotopic (exact) mass is 415 g/mol. The van der Waals surface area contributed by atoms with Gasteiger partial charge in [-0.15, -0.1) is 0 Å². The van der Waals surface area contributed by atoms with Crippen molar-refractivity contribution < 1.29 is 13.2 Å². The molecule has 0 saturated carbocycles. The summed E-state index contributed by atoms with van der Waals surface area (Å²) in [5.74, 6) is 0.660. The molecular weight excluding hydrogens is 386 g/mol. The molecule has 8 heteroatoms. The first-order chi connectivity index (χ1) is 12.8. The van der Waals surface area contributed by atoms with Crippen LogP contribution in [-0.4, -0.2) is 58.7 Å². The number of anilines is 1. The number of rotatable bonds is 9. The predicted octanol–water partition coefficient (Wildman–Crippen LogP) is 2.73. The molecule has 0 radical (unpaired) electrons. The standard InChI is InChI=1S/C19H30ClN3O3S/c1-22-13-9-16(10-14-22)8-11-21-19(24)7-4-12-23(27(2,25)26)18-6-3-5-17(20)15-18/h3,5-6,15-16H,4,7-14H2,1-2H3,(H,21,24). The van der Waals surface area contributed by atoms with Crippen molar-refractivity contribution in [3.05, 3.63) is 29.3 Å². The van der Waals surface area contributed by atoms with Gasteiger partial charge in [0.1, 0.15) is 0 Å². The molecule has 0 aliphatic carbocycles. The molecule has 2 rings (SSSR count). The maximum atomic E-state index is 12.1. The second kappa shape index (κ2) is 10.3. The van der Waals surface area contributed by atoms with E-state index in [4.69, 9.17) is 11.6 Å². The normalized spacial score (nSPS) is 16.3. The Kier molecular flexibility index (Phi) is 8.38. The number of amides is 1. The van der Waals surface area contributed by atoms with Crippen molar-refractivity contribution in [3.8, 4) is 0 Å². The van der Waals surface area contributed by atoms with Crippen LogP contribution in [0.1, 0.15) is 32.1 Å². The summed E-state index contributed by atoms with van der Waals surface area (Å²) >= 11 is 5.96. The van der Waals surface area contributed by atoms with E-state index in [-0.39, 0.29) is 12.5 Å². The Bertz CT molecular complexity index is 719. The van der Waals surface area contributed by atoms with Crippen LogP contribution in [0.25, 0.3) is 0 Å². The SMILES string of the molecule is CN1CCC(CCNC(=O)CCCN(c2cccc(Cl)c2)S(C)(=O)=O)CC1. The second-order valence-corrected chi connectivity index (χ2v) is 9.65. The number of nitrogens with one attached hydrogen (secondary N) is 1. The summed E-state index contributed by atoms with van der Waals surface area (Å²) in [7, 11) is -1.29. The molecule has 0 atom stereocenters. The van der Waals surface area contributed by atoms with Crippen LogP contribution in [-0.2, 0) is 14.8 Å². The Balaban J connectivity index is 1.73. The van der Waals surface area contributed by atoms with E-state index < -0.39 is 10.0 Å². The van der Waals surface area contributed by atoms with Gasteiger partial charge in [-0.05, 0) is 69.9 Å². The zero-order chi connectivity index (χ0) is 19.9. The average molecular weight is 416 g/mol. The summed E-state index contributed by atoms with van der Waals surface area (Å²) < 4.78 is 25.4. The predicted molar refractivity (Wildman–Crippen MR) is 111 cm³/mol. The van der Waals surface area contributed by atoms with Crippen molar-refractivity contribution in [2.45, 2.75) is 32.1 Å². The molecule has 1 amide bonds. The summed E-state index contributed by atoms with van der Waals surface area (Å²) in [6, 6.07) is 6.73. The molecule has 0 bridgehead atoms. The van der Waals surface area contributed by atoms with E-state index in [9.17, 15) is 13.2 Å². The van der Waals surface area contributed by atoms with Gasteiger partial charge in [0.15, 0.2) is 0 Å². The Morgan fingerprint density at radius 2 is 2.04 bits per heavy atom. The molecule has 1 aromatic rings. The highest BCUT2D eigenvalue weighted by Gasteiger charge is 2.18. The molecule has 0 spiro atoms. The molecule has 1 N–H and O–H groups in total. The molecule has 1 saturated heterocycles. The summed E-state index contributed by atoms with van der Waals surface area (Å²) in [5.41, 5.74) is 0.521. The molecule has 152 valence electrons. The average Bonchev–Trinajstić information content (AvgIpc) is 2.59. The minimum absolute atomic E-state index is 0.0255. The second-order valence-electron chi connectivity index (χ2n) is 7.30. The first-order valence-corrected chi connectivity index (χ1v) is 11.7. The van der Waals surface area contributed by atoms with Crippen molar-refractivity contribution in [1.82, 2.24) is 10.2 Å². The van der Waals surface area contributed by atoms with Gasteiger partial charge in [-0.1, -0.05) is 17.7 Å². The van der Waals surface area contributed by atoms with E-state index in [2.05, 4.69) is 17.3 Å². The fourth-order valence-corrected chi connectivity index (χ4v) is 4.50. The van der Waals surface area contributed by atoms with Crippen LogP contribution in [0.3, 0.4) is 0 Å². The van der Waals surface area contributed by atoms with Gasteiger partial charge in [0.25, 0.3) is 0 Å². The van der Waals surface area contributed by atoms with Gasteiger partial charge in [0, 0.05) is 24.5 Å². The third-order valence-electron chi connectivity index (χ3n) is 4.97. The van der Waals surface area contributed by atoms with Crippen LogP contribution >= 0.6 is 11.6 Å². The Morgan fingerprint density at radius 3 is 2.67 bits per heavy atom. The van der Waals surface area contributed by atoms with E-state index in [0.717, 1.165) is 25.8 Å².